The third-order valence-corrected chi connectivity index (χ3v) is 10.5. The zero-order chi connectivity index (χ0) is 33.4. The Kier molecular flexibility index (Phi) is 11.3. The van der Waals surface area contributed by atoms with E-state index in [1.807, 2.05) is 44.2 Å². The van der Waals surface area contributed by atoms with Crippen molar-refractivity contribution >= 4 is 60.0 Å². The van der Waals surface area contributed by atoms with Crippen molar-refractivity contribution in [3.8, 4) is 0 Å². The van der Waals surface area contributed by atoms with Crippen LogP contribution in [-0.4, -0.2) is 70.0 Å². The molecule has 0 aliphatic rings. The average molecular weight is 695 g/mol. The molecule has 15 heteroatoms. The normalized spacial score (nSPS) is 13.0. The summed E-state index contributed by atoms with van der Waals surface area (Å²) in [5.41, 5.74) is 3.42. The number of aliphatic hydroxyl groups excluding tert-OH is 1. The van der Waals surface area contributed by atoms with Gasteiger partial charge in [0.1, 0.15) is 6.61 Å². The maximum absolute atomic E-state index is 14.1. The van der Waals surface area contributed by atoms with Crippen LogP contribution in [0.15, 0.2) is 89.7 Å². The number of benzene rings is 2. The fraction of sp³-hybridized carbons (Fsp3) is 0.281. The van der Waals surface area contributed by atoms with Gasteiger partial charge in [-0.05, 0) is 48.2 Å². The first-order valence-electron chi connectivity index (χ1n) is 14.7. The molecule has 3 N–H and O–H groups in total. The number of aromatic nitrogens is 3. The van der Waals surface area contributed by atoms with Crippen LogP contribution in [0.4, 0.5) is 9.93 Å². The monoisotopic (exact) mass is 694 g/mol. The van der Waals surface area contributed by atoms with Crippen molar-refractivity contribution in [2.45, 2.75) is 43.9 Å². The summed E-state index contributed by atoms with van der Waals surface area (Å²) < 4.78 is 35.3. The topological polar surface area (TPSA) is 164 Å². The number of rotatable bonds is 14. The van der Waals surface area contributed by atoms with Crippen molar-refractivity contribution < 1.29 is 27.9 Å². The molecule has 0 aliphatic heterocycles. The predicted octanol–water partition coefficient (Wildman–Crippen LogP) is 4.95. The van der Waals surface area contributed by atoms with Crippen molar-refractivity contribution in [3.05, 3.63) is 101 Å². The highest BCUT2D eigenvalue weighted by atomic mass is 32.2. The highest BCUT2D eigenvalue weighted by molar-refractivity contribution is 7.89. The number of amides is 2. The molecule has 0 fully saturated rings. The van der Waals surface area contributed by atoms with Gasteiger partial charge in [-0.25, -0.2) is 18.2 Å². The van der Waals surface area contributed by atoms with E-state index in [-0.39, 0.29) is 42.8 Å². The average Bonchev–Trinajstić information content (AvgIpc) is 3.73. The molecular formula is C32H34N6O6S3. The van der Waals surface area contributed by atoms with E-state index in [9.17, 15) is 23.1 Å². The number of fused-ring (bicyclic) bond motifs is 1. The molecule has 0 spiro atoms. The minimum Gasteiger partial charge on any atom is -0.444 e. The summed E-state index contributed by atoms with van der Waals surface area (Å²) in [4.78, 5) is 38.5. The summed E-state index contributed by atoms with van der Waals surface area (Å²) in [6.45, 7) is 3.64. The molecule has 2 atom stereocenters. The lowest BCUT2D eigenvalue weighted by atomic mass is 10.0. The molecule has 2 aromatic carbocycles. The Balaban J connectivity index is 1.34. The number of alkyl carbamates (subject to hydrolysis) is 1. The van der Waals surface area contributed by atoms with Crippen LogP contribution in [-0.2, 0) is 27.8 Å². The van der Waals surface area contributed by atoms with Crippen molar-refractivity contribution in [1.82, 2.24) is 24.6 Å². The number of pyridine rings is 1. The molecule has 5 aromatic rings. The van der Waals surface area contributed by atoms with E-state index < -0.39 is 28.3 Å². The highest BCUT2D eigenvalue weighted by Gasteiger charge is 2.32. The molecule has 5 rings (SSSR count). The number of nitrogens with one attached hydrogen (secondary N) is 2. The molecule has 0 saturated carbocycles. The minimum atomic E-state index is -4.11. The first-order valence-corrected chi connectivity index (χ1v) is 17.9. The number of anilines is 1. The van der Waals surface area contributed by atoms with Crippen LogP contribution in [0.25, 0.3) is 10.2 Å². The molecule has 47 heavy (non-hydrogen) atoms. The number of ether oxygens (including phenoxy) is 1. The van der Waals surface area contributed by atoms with Gasteiger partial charge in [0.2, 0.25) is 10.0 Å². The Morgan fingerprint density at radius 2 is 1.79 bits per heavy atom. The second kappa shape index (κ2) is 15.5. The highest BCUT2D eigenvalue weighted by Crippen LogP contribution is 2.30. The fourth-order valence-electron chi connectivity index (χ4n) is 4.75. The Labute approximate surface area is 280 Å². The van der Waals surface area contributed by atoms with Gasteiger partial charge in [-0.1, -0.05) is 55.5 Å². The lowest BCUT2D eigenvalue weighted by molar-refractivity contribution is 0.0876. The molecule has 0 saturated heterocycles. The van der Waals surface area contributed by atoms with E-state index in [4.69, 9.17) is 4.74 Å². The first kappa shape index (κ1) is 34.1. The number of nitrogens with zero attached hydrogens (tertiary/aromatic N) is 4. The molecule has 246 valence electrons. The largest absolute Gasteiger partial charge is 0.444 e. The van der Waals surface area contributed by atoms with Crippen LogP contribution in [0, 0.1) is 5.92 Å². The number of hydrogen-bond acceptors (Lipinski definition) is 11. The second-order valence-electron chi connectivity index (χ2n) is 11.1. The fourth-order valence-corrected chi connectivity index (χ4v) is 7.88. The van der Waals surface area contributed by atoms with Gasteiger partial charge in [0.15, 0.2) is 5.13 Å². The third-order valence-electron chi connectivity index (χ3n) is 7.02. The Morgan fingerprint density at radius 1 is 1.02 bits per heavy atom. The summed E-state index contributed by atoms with van der Waals surface area (Å²) in [6.07, 6.45) is 2.86. The number of carbonyl (C=O) groups excluding carboxylic acids is 2. The van der Waals surface area contributed by atoms with Gasteiger partial charge in [-0.15, -0.1) is 11.3 Å². The van der Waals surface area contributed by atoms with Crippen LogP contribution >= 0.6 is 22.7 Å². The van der Waals surface area contributed by atoms with E-state index in [1.165, 1.54) is 40.2 Å². The van der Waals surface area contributed by atoms with Crippen LogP contribution in [0.3, 0.4) is 0 Å². The van der Waals surface area contributed by atoms with Crippen LogP contribution in [0.5, 0.6) is 0 Å². The van der Waals surface area contributed by atoms with Gasteiger partial charge < -0.3 is 15.2 Å². The summed E-state index contributed by atoms with van der Waals surface area (Å²) >= 11 is 2.50. The van der Waals surface area contributed by atoms with Gasteiger partial charge >= 0.3 is 6.09 Å². The van der Waals surface area contributed by atoms with Crippen molar-refractivity contribution in [1.29, 1.82) is 0 Å². The molecular weight excluding hydrogens is 661 g/mol. The molecule has 3 heterocycles. The first-order chi connectivity index (χ1) is 22.6. The van der Waals surface area contributed by atoms with E-state index in [0.29, 0.717) is 20.9 Å². The molecule has 2 amide bonds. The maximum Gasteiger partial charge on any atom is 0.407 e. The van der Waals surface area contributed by atoms with Crippen molar-refractivity contribution in [2.24, 2.45) is 5.92 Å². The van der Waals surface area contributed by atoms with Gasteiger partial charge in [-0.3, -0.25) is 20.1 Å². The van der Waals surface area contributed by atoms with Gasteiger partial charge in [0.25, 0.3) is 5.91 Å². The summed E-state index contributed by atoms with van der Waals surface area (Å²) in [5.74, 6) is -0.425. The second-order valence-corrected chi connectivity index (χ2v) is 15.0. The number of carbonyl (C=O) groups is 2. The molecule has 12 nitrogen and oxygen atoms in total. The Bertz CT molecular complexity index is 1890. The smallest absolute Gasteiger partial charge is 0.407 e. The van der Waals surface area contributed by atoms with Crippen LogP contribution in [0.1, 0.15) is 34.6 Å². The summed E-state index contributed by atoms with van der Waals surface area (Å²) in [7, 11) is -4.11. The minimum absolute atomic E-state index is 0.0186. The van der Waals surface area contributed by atoms with Crippen LogP contribution < -0.4 is 10.6 Å². The standard InChI is InChI=1S/C32H34N6O6S3/c1-21(2)17-38(18-28(39)27(14-22-6-4-3-5-7-22)36-32(41)44-19-24-16-34-20-45-24)47(42,43)25-8-9-26-29(15-25)46-31(35-26)37-30(40)23-10-12-33-13-11-23/h3-13,15-16,20-21,27-28,39H,14,17-19H2,1-2H3,(H,36,41)(H,35,37,40)/t27-,28+/m0/s1. The van der Waals surface area contributed by atoms with Crippen molar-refractivity contribution in [2.75, 3.05) is 18.4 Å². The SMILES string of the molecule is CC(C)CN(C[C@@H](O)[C@H](Cc1ccccc1)NC(=O)OCc1cncs1)S(=O)(=O)c1ccc2nc(NC(=O)c3ccncc3)sc2c1. The zero-order valence-electron chi connectivity index (χ0n) is 25.6. The zero-order valence-corrected chi connectivity index (χ0v) is 28.1. The lowest BCUT2D eigenvalue weighted by Crippen LogP contribution is -2.51. The van der Waals surface area contributed by atoms with E-state index in [0.717, 1.165) is 21.8 Å². The predicted molar refractivity (Wildman–Crippen MR) is 181 cm³/mol. The van der Waals surface area contributed by atoms with E-state index in [1.54, 1.807) is 29.9 Å². The maximum atomic E-state index is 14.1. The van der Waals surface area contributed by atoms with Crippen molar-refractivity contribution in [3.63, 3.8) is 0 Å². The molecule has 0 aliphatic carbocycles. The number of sulfonamides is 1. The number of thiazole rings is 2. The Hall–Kier alpha value is -4.28. The van der Waals surface area contributed by atoms with Crippen LogP contribution in [0.2, 0.25) is 0 Å². The van der Waals surface area contributed by atoms with Gasteiger partial charge in [0.05, 0.1) is 37.6 Å². The van der Waals surface area contributed by atoms with E-state index >= 15 is 0 Å². The molecule has 0 bridgehead atoms. The van der Waals surface area contributed by atoms with E-state index in [2.05, 4.69) is 25.6 Å². The Morgan fingerprint density at radius 3 is 2.49 bits per heavy atom. The lowest BCUT2D eigenvalue weighted by Gasteiger charge is -2.30. The number of aliphatic hydroxyl groups is 1. The summed E-state index contributed by atoms with van der Waals surface area (Å²) in [6, 6.07) is 16.2. The molecule has 0 unspecified atom stereocenters. The third kappa shape index (κ3) is 9.17. The summed E-state index contributed by atoms with van der Waals surface area (Å²) in [5, 5.41) is 17.3. The quantitative estimate of drug-likeness (QED) is 0.146. The van der Waals surface area contributed by atoms with Gasteiger partial charge in [0, 0.05) is 37.2 Å². The van der Waals surface area contributed by atoms with Gasteiger partial charge in [-0.2, -0.15) is 4.31 Å². The molecule has 3 aromatic heterocycles. The number of hydrogen-bond donors (Lipinski definition) is 3. The molecule has 0 radical (unpaired) electrons.